The zero-order chi connectivity index (χ0) is 19.1. The molecule has 140 valence electrons. The second-order valence-electron chi connectivity index (χ2n) is 6.48. The van der Waals surface area contributed by atoms with Crippen molar-refractivity contribution >= 4 is 17.3 Å². The van der Waals surface area contributed by atoms with E-state index in [1.165, 1.54) is 0 Å². The van der Waals surface area contributed by atoms with Gasteiger partial charge in [-0.05, 0) is 57.4 Å². The highest BCUT2D eigenvalue weighted by Gasteiger charge is 2.04. The van der Waals surface area contributed by atoms with Crippen LogP contribution in [-0.4, -0.2) is 42.1 Å². The fourth-order valence-electron chi connectivity index (χ4n) is 2.51. The Bertz CT molecular complexity index is 850. The third kappa shape index (κ3) is 5.97. The van der Waals surface area contributed by atoms with Gasteiger partial charge in [0.15, 0.2) is 0 Å². The van der Waals surface area contributed by atoms with Crippen molar-refractivity contribution in [3.8, 4) is 11.5 Å². The predicted molar refractivity (Wildman–Crippen MR) is 110 cm³/mol. The number of nitrogens with one attached hydrogen (secondary N) is 2. The van der Waals surface area contributed by atoms with E-state index in [0.717, 1.165) is 47.7 Å². The van der Waals surface area contributed by atoms with E-state index in [1.54, 1.807) is 0 Å². The Morgan fingerprint density at radius 3 is 2.26 bits per heavy atom. The lowest BCUT2D eigenvalue weighted by Crippen LogP contribution is -2.21. The quantitative estimate of drug-likeness (QED) is 0.622. The van der Waals surface area contributed by atoms with E-state index >= 15 is 0 Å². The first kappa shape index (κ1) is 18.7. The zero-order valence-electron chi connectivity index (χ0n) is 15.9. The number of aromatic nitrogens is 2. The molecule has 0 radical (unpaired) electrons. The smallest absolute Gasteiger partial charge is 0.136 e. The fourth-order valence-corrected chi connectivity index (χ4v) is 2.51. The van der Waals surface area contributed by atoms with Gasteiger partial charge in [-0.3, -0.25) is 0 Å². The van der Waals surface area contributed by atoms with Crippen molar-refractivity contribution in [3.05, 3.63) is 66.5 Å². The van der Waals surface area contributed by atoms with Crippen LogP contribution in [0.2, 0.25) is 0 Å². The van der Waals surface area contributed by atoms with Gasteiger partial charge < -0.3 is 20.3 Å². The molecule has 0 saturated carbocycles. The highest BCUT2D eigenvalue weighted by molar-refractivity contribution is 5.60. The van der Waals surface area contributed by atoms with Gasteiger partial charge in [0.2, 0.25) is 0 Å². The highest BCUT2D eigenvalue weighted by atomic mass is 16.5. The molecule has 1 heterocycles. The highest BCUT2D eigenvalue weighted by Crippen LogP contribution is 2.24. The van der Waals surface area contributed by atoms with Crippen molar-refractivity contribution in [2.24, 2.45) is 0 Å². The third-order valence-electron chi connectivity index (χ3n) is 3.81. The number of ether oxygens (including phenoxy) is 1. The van der Waals surface area contributed by atoms with Gasteiger partial charge in [0, 0.05) is 24.8 Å². The molecule has 2 N–H and O–H groups in total. The molecule has 0 unspecified atom stereocenters. The van der Waals surface area contributed by atoms with Gasteiger partial charge >= 0.3 is 0 Å². The lowest BCUT2D eigenvalue weighted by Gasteiger charge is -2.13. The second-order valence-corrected chi connectivity index (χ2v) is 6.48. The summed E-state index contributed by atoms with van der Waals surface area (Å²) >= 11 is 0. The first-order valence-electron chi connectivity index (χ1n) is 8.93. The molecule has 3 rings (SSSR count). The normalized spacial score (nSPS) is 10.7. The molecule has 0 atom stereocenters. The SMILES string of the molecule is Cc1nc(NCCN(C)C)cc(Nc2ccc(Oc3ccccc3)cc2)n1. The maximum absolute atomic E-state index is 5.82. The minimum absolute atomic E-state index is 0.719. The monoisotopic (exact) mass is 363 g/mol. The van der Waals surface area contributed by atoms with Crippen LogP contribution in [0.1, 0.15) is 5.82 Å². The van der Waals surface area contributed by atoms with E-state index in [4.69, 9.17) is 4.74 Å². The Morgan fingerprint density at radius 1 is 0.889 bits per heavy atom. The molecule has 6 heteroatoms. The molecular formula is C21H25N5O. The summed E-state index contributed by atoms with van der Waals surface area (Å²) in [5.41, 5.74) is 0.938. The van der Waals surface area contributed by atoms with E-state index in [1.807, 2.05) is 81.7 Å². The van der Waals surface area contributed by atoms with E-state index in [-0.39, 0.29) is 0 Å². The van der Waals surface area contributed by atoms with Gasteiger partial charge in [0.05, 0.1) is 0 Å². The van der Waals surface area contributed by atoms with Crippen molar-refractivity contribution in [2.45, 2.75) is 6.92 Å². The summed E-state index contributed by atoms with van der Waals surface area (Å²) in [6.07, 6.45) is 0. The summed E-state index contributed by atoms with van der Waals surface area (Å²) in [5, 5.41) is 6.64. The lowest BCUT2D eigenvalue weighted by atomic mass is 10.3. The molecule has 0 saturated heterocycles. The molecule has 27 heavy (non-hydrogen) atoms. The van der Waals surface area contributed by atoms with Crippen LogP contribution in [0, 0.1) is 6.92 Å². The molecule has 0 spiro atoms. The number of aryl methyl sites for hydroxylation is 1. The van der Waals surface area contributed by atoms with E-state index < -0.39 is 0 Å². The summed E-state index contributed by atoms with van der Waals surface area (Å²) in [7, 11) is 4.09. The summed E-state index contributed by atoms with van der Waals surface area (Å²) < 4.78 is 5.82. The van der Waals surface area contributed by atoms with Crippen LogP contribution in [0.25, 0.3) is 0 Å². The Balaban J connectivity index is 1.63. The van der Waals surface area contributed by atoms with E-state index in [0.29, 0.717) is 0 Å². The lowest BCUT2D eigenvalue weighted by molar-refractivity contribution is 0.425. The average Bonchev–Trinajstić information content (AvgIpc) is 2.63. The number of hydrogen-bond donors (Lipinski definition) is 2. The first-order valence-corrected chi connectivity index (χ1v) is 8.93. The van der Waals surface area contributed by atoms with Crippen LogP contribution in [0.3, 0.4) is 0 Å². The maximum Gasteiger partial charge on any atom is 0.136 e. The van der Waals surface area contributed by atoms with Gasteiger partial charge in [0.1, 0.15) is 29.0 Å². The molecule has 0 aliphatic heterocycles. The molecule has 1 aromatic heterocycles. The predicted octanol–water partition coefficient (Wildman–Crippen LogP) is 4.29. The van der Waals surface area contributed by atoms with Gasteiger partial charge in [-0.25, -0.2) is 9.97 Å². The molecule has 6 nitrogen and oxygen atoms in total. The van der Waals surface area contributed by atoms with Gasteiger partial charge in [0.25, 0.3) is 0 Å². The largest absolute Gasteiger partial charge is 0.457 e. The summed E-state index contributed by atoms with van der Waals surface area (Å²) in [5.74, 6) is 3.90. The van der Waals surface area contributed by atoms with Crippen LogP contribution < -0.4 is 15.4 Å². The second kappa shape index (κ2) is 9.00. The van der Waals surface area contributed by atoms with Crippen LogP contribution in [0.15, 0.2) is 60.7 Å². The number of likely N-dealkylation sites (N-methyl/N-ethyl adjacent to an activating group) is 1. The van der Waals surface area contributed by atoms with Gasteiger partial charge in [-0.15, -0.1) is 0 Å². The van der Waals surface area contributed by atoms with Crippen LogP contribution in [0.5, 0.6) is 11.5 Å². The molecule has 0 amide bonds. The standard InChI is InChI=1S/C21H25N5O/c1-16-23-20(22-13-14-26(2)3)15-21(24-16)25-17-9-11-19(12-10-17)27-18-7-5-4-6-8-18/h4-12,15H,13-14H2,1-3H3,(H2,22,23,24,25). The Morgan fingerprint density at radius 2 is 1.56 bits per heavy atom. The van der Waals surface area contributed by atoms with Crippen LogP contribution in [-0.2, 0) is 0 Å². The molecule has 0 aliphatic rings. The topological polar surface area (TPSA) is 62.3 Å². The van der Waals surface area contributed by atoms with Gasteiger partial charge in [-0.1, -0.05) is 18.2 Å². The Kier molecular flexibility index (Phi) is 6.22. The van der Waals surface area contributed by atoms with Crippen molar-refractivity contribution < 1.29 is 4.74 Å². The molecule has 0 bridgehead atoms. The average molecular weight is 363 g/mol. The minimum Gasteiger partial charge on any atom is -0.457 e. The molecule has 0 fully saturated rings. The Hall–Kier alpha value is -3.12. The summed E-state index contributed by atoms with van der Waals surface area (Å²) in [6, 6.07) is 19.4. The van der Waals surface area contributed by atoms with Crippen molar-refractivity contribution in [2.75, 3.05) is 37.8 Å². The van der Waals surface area contributed by atoms with E-state index in [2.05, 4.69) is 25.5 Å². The minimum atomic E-state index is 0.719. The van der Waals surface area contributed by atoms with Crippen molar-refractivity contribution in [1.29, 1.82) is 0 Å². The molecule has 0 aliphatic carbocycles. The number of hydrogen-bond acceptors (Lipinski definition) is 6. The molecule has 3 aromatic rings. The van der Waals surface area contributed by atoms with Crippen LogP contribution in [0.4, 0.5) is 17.3 Å². The molecule has 2 aromatic carbocycles. The van der Waals surface area contributed by atoms with Crippen molar-refractivity contribution in [3.63, 3.8) is 0 Å². The summed E-state index contributed by atoms with van der Waals surface area (Å²) in [6.45, 7) is 3.65. The van der Waals surface area contributed by atoms with Gasteiger partial charge in [-0.2, -0.15) is 0 Å². The third-order valence-corrected chi connectivity index (χ3v) is 3.81. The van der Waals surface area contributed by atoms with Crippen molar-refractivity contribution in [1.82, 2.24) is 14.9 Å². The first-order chi connectivity index (χ1) is 13.1. The van der Waals surface area contributed by atoms with Crippen LogP contribution >= 0.6 is 0 Å². The number of benzene rings is 2. The number of para-hydroxylation sites is 1. The number of rotatable bonds is 8. The fraction of sp³-hybridized carbons (Fsp3) is 0.238. The van der Waals surface area contributed by atoms with E-state index in [9.17, 15) is 0 Å². The number of nitrogens with zero attached hydrogens (tertiary/aromatic N) is 3. The summed E-state index contributed by atoms with van der Waals surface area (Å²) in [4.78, 5) is 11.0. The molecular weight excluding hydrogens is 338 g/mol. The maximum atomic E-state index is 5.82. The Labute approximate surface area is 160 Å². The number of anilines is 3. The zero-order valence-corrected chi connectivity index (χ0v) is 15.9.